The standard InChI is InChI=1S/C8H6F3N3/c9-8(10,11)5-2-1-3-14-6(5)4-7(12)13-14/h1-4H,(H2,12,13). The van der Waals surface area contributed by atoms with Crippen LogP contribution in [0.3, 0.4) is 0 Å². The van der Waals surface area contributed by atoms with Crippen LogP contribution in [0, 0.1) is 0 Å². The van der Waals surface area contributed by atoms with E-state index in [4.69, 9.17) is 5.73 Å². The van der Waals surface area contributed by atoms with E-state index < -0.39 is 11.7 Å². The fourth-order valence-electron chi connectivity index (χ4n) is 1.27. The van der Waals surface area contributed by atoms with Crippen molar-refractivity contribution < 1.29 is 13.2 Å². The van der Waals surface area contributed by atoms with E-state index in [0.717, 1.165) is 10.6 Å². The zero-order valence-electron chi connectivity index (χ0n) is 6.92. The number of anilines is 1. The second kappa shape index (κ2) is 2.63. The molecule has 0 saturated carbocycles. The van der Waals surface area contributed by atoms with Crippen molar-refractivity contribution in [3.05, 3.63) is 30.0 Å². The average molecular weight is 201 g/mol. The smallest absolute Gasteiger partial charge is 0.382 e. The van der Waals surface area contributed by atoms with Crippen LogP contribution in [0.25, 0.3) is 5.52 Å². The average Bonchev–Trinajstić information content (AvgIpc) is 2.41. The van der Waals surface area contributed by atoms with Crippen LogP contribution < -0.4 is 5.73 Å². The molecule has 3 nitrogen and oxygen atoms in total. The van der Waals surface area contributed by atoms with Gasteiger partial charge in [-0.25, -0.2) is 4.52 Å². The van der Waals surface area contributed by atoms with Crippen molar-refractivity contribution in [2.75, 3.05) is 5.73 Å². The number of nitrogen functional groups attached to an aromatic ring is 1. The maximum atomic E-state index is 12.4. The van der Waals surface area contributed by atoms with E-state index in [9.17, 15) is 13.2 Å². The minimum Gasteiger partial charge on any atom is -0.382 e. The van der Waals surface area contributed by atoms with Crippen LogP contribution in [0.2, 0.25) is 0 Å². The van der Waals surface area contributed by atoms with Gasteiger partial charge in [-0.15, -0.1) is 0 Å². The van der Waals surface area contributed by atoms with Crippen molar-refractivity contribution in [1.82, 2.24) is 9.61 Å². The van der Waals surface area contributed by atoms with Gasteiger partial charge in [0.2, 0.25) is 0 Å². The second-order valence-electron chi connectivity index (χ2n) is 2.82. The van der Waals surface area contributed by atoms with Gasteiger partial charge in [0, 0.05) is 12.3 Å². The molecule has 0 atom stereocenters. The molecular formula is C8H6F3N3. The summed E-state index contributed by atoms with van der Waals surface area (Å²) in [5.41, 5.74) is 4.54. The third-order valence-corrected chi connectivity index (χ3v) is 1.83. The summed E-state index contributed by atoms with van der Waals surface area (Å²) in [4.78, 5) is 0. The number of rotatable bonds is 0. The molecule has 2 aromatic rings. The maximum absolute atomic E-state index is 12.4. The SMILES string of the molecule is Nc1cc2c(C(F)(F)F)cccn2n1. The third-order valence-electron chi connectivity index (χ3n) is 1.83. The Labute approximate surface area is 76.9 Å². The first-order valence-corrected chi connectivity index (χ1v) is 3.79. The van der Waals surface area contributed by atoms with Crippen molar-refractivity contribution >= 4 is 11.3 Å². The van der Waals surface area contributed by atoms with Gasteiger partial charge < -0.3 is 5.73 Å². The van der Waals surface area contributed by atoms with Crippen molar-refractivity contribution in [1.29, 1.82) is 0 Å². The Bertz CT molecular complexity index is 472. The fourth-order valence-corrected chi connectivity index (χ4v) is 1.27. The van der Waals surface area contributed by atoms with Crippen LogP contribution in [0.4, 0.5) is 19.0 Å². The molecule has 2 N–H and O–H groups in total. The first kappa shape index (κ1) is 8.86. The van der Waals surface area contributed by atoms with Crippen molar-refractivity contribution in [2.45, 2.75) is 6.18 Å². The van der Waals surface area contributed by atoms with Crippen LogP contribution in [-0.2, 0) is 6.18 Å². The zero-order valence-corrected chi connectivity index (χ0v) is 6.92. The van der Waals surface area contributed by atoms with E-state index >= 15 is 0 Å². The fraction of sp³-hybridized carbons (Fsp3) is 0.125. The van der Waals surface area contributed by atoms with Crippen molar-refractivity contribution in [3.63, 3.8) is 0 Å². The molecule has 6 heteroatoms. The first-order chi connectivity index (χ1) is 6.48. The molecule has 2 rings (SSSR count). The van der Waals surface area contributed by atoms with Gasteiger partial charge in [0.25, 0.3) is 0 Å². The molecule has 0 saturated heterocycles. The predicted molar refractivity (Wildman–Crippen MR) is 44.6 cm³/mol. The summed E-state index contributed by atoms with van der Waals surface area (Å²) in [6.07, 6.45) is -2.96. The van der Waals surface area contributed by atoms with E-state index in [1.165, 1.54) is 18.3 Å². The summed E-state index contributed by atoms with van der Waals surface area (Å²) in [6, 6.07) is 3.47. The van der Waals surface area contributed by atoms with E-state index in [1.807, 2.05) is 0 Å². The van der Waals surface area contributed by atoms with Gasteiger partial charge in [-0.2, -0.15) is 18.3 Å². The number of aromatic nitrogens is 2. The van der Waals surface area contributed by atoms with Gasteiger partial charge in [0.1, 0.15) is 5.82 Å². The summed E-state index contributed by atoms with van der Waals surface area (Å²) < 4.78 is 38.4. The zero-order chi connectivity index (χ0) is 10.3. The third kappa shape index (κ3) is 1.28. The van der Waals surface area contributed by atoms with E-state index in [0.29, 0.717) is 0 Å². The van der Waals surface area contributed by atoms with Gasteiger partial charge in [0.05, 0.1) is 11.1 Å². The molecule has 0 aliphatic carbocycles. The molecule has 0 aliphatic rings. The first-order valence-electron chi connectivity index (χ1n) is 3.79. The summed E-state index contributed by atoms with van der Waals surface area (Å²) in [5, 5.41) is 3.68. The molecule has 0 unspecified atom stereocenters. The number of halogens is 3. The molecular weight excluding hydrogens is 195 g/mol. The van der Waals surface area contributed by atoms with Gasteiger partial charge >= 0.3 is 6.18 Å². The summed E-state index contributed by atoms with van der Waals surface area (Å²) in [7, 11) is 0. The highest BCUT2D eigenvalue weighted by atomic mass is 19.4. The molecule has 2 aromatic heterocycles. The number of hydrogen-bond acceptors (Lipinski definition) is 2. The van der Waals surface area contributed by atoms with E-state index in [2.05, 4.69) is 5.10 Å². The topological polar surface area (TPSA) is 43.3 Å². The molecule has 0 amide bonds. The van der Waals surface area contributed by atoms with Crippen LogP contribution in [0.1, 0.15) is 5.56 Å². The summed E-state index contributed by atoms with van der Waals surface area (Å²) in [5.74, 6) is 0.0710. The monoisotopic (exact) mass is 201 g/mol. The minimum atomic E-state index is -4.38. The predicted octanol–water partition coefficient (Wildman–Crippen LogP) is 1.94. The highest BCUT2D eigenvalue weighted by molar-refractivity contribution is 5.60. The second-order valence-corrected chi connectivity index (χ2v) is 2.82. The van der Waals surface area contributed by atoms with Crippen LogP contribution in [0.15, 0.2) is 24.4 Å². The highest BCUT2D eigenvalue weighted by Crippen LogP contribution is 2.32. The molecule has 2 heterocycles. The Hall–Kier alpha value is -1.72. The van der Waals surface area contributed by atoms with Crippen LogP contribution in [-0.4, -0.2) is 9.61 Å². The molecule has 74 valence electrons. The van der Waals surface area contributed by atoms with E-state index in [-0.39, 0.29) is 11.3 Å². The molecule has 0 spiro atoms. The van der Waals surface area contributed by atoms with Crippen molar-refractivity contribution in [2.24, 2.45) is 0 Å². The summed E-state index contributed by atoms with van der Waals surface area (Å²) in [6.45, 7) is 0. The lowest BCUT2D eigenvalue weighted by Gasteiger charge is -2.06. The normalized spacial score (nSPS) is 12.2. The van der Waals surface area contributed by atoms with E-state index in [1.54, 1.807) is 0 Å². The number of hydrogen-bond donors (Lipinski definition) is 1. The maximum Gasteiger partial charge on any atom is 0.418 e. The summed E-state index contributed by atoms with van der Waals surface area (Å²) >= 11 is 0. The molecule has 0 aliphatic heterocycles. The Balaban J connectivity index is 2.77. The van der Waals surface area contributed by atoms with Crippen LogP contribution >= 0.6 is 0 Å². The number of alkyl halides is 3. The lowest BCUT2D eigenvalue weighted by atomic mass is 10.2. The quantitative estimate of drug-likeness (QED) is 0.707. The van der Waals surface area contributed by atoms with Crippen molar-refractivity contribution in [3.8, 4) is 0 Å². The Morgan fingerprint density at radius 3 is 2.71 bits per heavy atom. The highest BCUT2D eigenvalue weighted by Gasteiger charge is 2.33. The molecule has 0 bridgehead atoms. The largest absolute Gasteiger partial charge is 0.418 e. The van der Waals surface area contributed by atoms with Gasteiger partial charge in [0.15, 0.2) is 0 Å². The Morgan fingerprint density at radius 1 is 1.36 bits per heavy atom. The Kier molecular flexibility index (Phi) is 1.67. The number of nitrogens with two attached hydrogens (primary N) is 1. The van der Waals surface area contributed by atoms with Gasteiger partial charge in [-0.1, -0.05) is 0 Å². The van der Waals surface area contributed by atoms with Crippen LogP contribution in [0.5, 0.6) is 0 Å². The lowest BCUT2D eigenvalue weighted by Crippen LogP contribution is -2.06. The Morgan fingerprint density at radius 2 is 2.07 bits per heavy atom. The molecule has 0 radical (unpaired) electrons. The minimum absolute atomic E-state index is 0.0301. The van der Waals surface area contributed by atoms with Gasteiger partial charge in [-0.3, -0.25) is 0 Å². The molecule has 14 heavy (non-hydrogen) atoms. The molecule has 0 aromatic carbocycles. The van der Waals surface area contributed by atoms with Gasteiger partial charge in [-0.05, 0) is 12.1 Å². The number of fused-ring (bicyclic) bond motifs is 1. The number of pyridine rings is 1. The molecule has 0 fully saturated rings. The number of nitrogens with zero attached hydrogens (tertiary/aromatic N) is 2. The lowest BCUT2D eigenvalue weighted by molar-refractivity contribution is -0.136.